The summed E-state index contributed by atoms with van der Waals surface area (Å²) in [5, 5.41) is 3.40. The molecule has 0 aliphatic heterocycles. The van der Waals surface area contributed by atoms with Crippen LogP contribution in [-0.4, -0.2) is 38.4 Å². The quantitative estimate of drug-likeness (QED) is 0.593. The van der Waals surface area contributed by atoms with Crippen molar-refractivity contribution < 1.29 is 14.3 Å². The number of carbonyl (C=O) groups is 1. The van der Waals surface area contributed by atoms with E-state index in [-0.39, 0.29) is 5.97 Å². The molecule has 0 heterocycles. The molecule has 0 saturated heterocycles. The number of hydrogen-bond acceptors (Lipinski definition) is 4. The lowest BCUT2D eigenvalue weighted by molar-refractivity contribution is -0.153. The largest absolute Gasteiger partial charge is 0.468 e. The summed E-state index contributed by atoms with van der Waals surface area (Å²) in [5.74, 6) is 0.736. The molecule has 1 aliphatic rings. The Labute approximate surface area is 123 Å². The van der Waals surface area contributed by atoms with Crippen molar-refractivity contribution in [3.63, 3.8) is 0 Å². The molecule has 0 aromatic carbocycles. The van der Waals surface area contributed by atoms with Crippen LogP contribution in [0.25, 0.3) is 0 Å². The number of methoxy groups -OCH3 is 1. The molecule has 1 rings (SSSR count). The number of ether oxygens (including phenoxy) is 2. The summed E-state index contributed by atoms with van der Waals surface area (Å²) in [6.07, 6.45) is 5.50. The van der Waals surface area contributed by atoms with E-state index < -0.39 is 5.54 Å². The van der Waals surface area contributed by atoms with Gasteiger partial charge in [-0.25, -0.2) is 4.79 Å². The van der Waals surface area contributed by atoms with Gasteiger partial charge in [-0.05, 0) is 44.1 Å². The van der Waals surface area contributed by atoms with Crippen LogP contribution in [0.4, 0.5) is 0 Å². The molecule has 0 spiro atoms. The highest BCUT2D eigenvalue weighted by molar-refractivity contribution is 5.82. The Morgan fingerprint density at radius 3 is 2.55 bits per heavy atom. The standard InChI is InChI=1S/C16H31NO3/c1-5-7-13(3)11-20-12-16(14-8-9-14,15(18)19-4)17-10-6-2/h13-14,17H,5-12H2,1-4H3. The molecule has 0 aromatic rings. The van der Waals surface area contributed by atoms with Crippen LogP contribution in [0, 0.1) is 11.8 Å². The SMILES string of the molecule is CCCNC(COCC(C)CCC)(C(=O)OC)C1CC1. The van der Waals surface area contributed by atoms with E-state index in [1.54, 1.807) is 0 Å². The molecular weight excluding hydrogens is 254 g/mol. The molecule has 118 valence electrons. The Morgan fingerprint density at radius 1 is 1.35 bits per heavy atom. The smallest absolute Gasteiger partial charge is 0.328 e. The van der Waals surface area contributed by atoms with Crippen LogP contribution in [0.1, 0.15) is 52.9 Å². The number of esters is 1. The molecule has 4 heteroatoms. The van der Waals surface area contributed by atoms with E-state index in [1.807, 2.05) is 0 Å². The molecule has 0 radical (unpaired) electrons. The fraction of sp³-hybridized carbons (Fsp3) is 0.938. The average Bonchev–Trinajstić information content (AvgIpc) is 3.27. The zero-order chi connectivity index (χ0) is 15.0. The number of nitrogens with one attached hydrogen (secondary N) is 1. The lowest BCUT2D eigenvalue weighted by Crippen LogP contribution is -2.58. The van der Waals surface area contributed by atoms with Gasteiger partial charge in [-0.15, -0.1) is 0 Å². The molecule has 2 unspecified atom stereocenters. The van der Waals surface area contributed by atoms with Gasteiger partial charge < -0.3 is 9.47 Å². The number of hydrogen-bond donors (Lipinski definition) is 1. The van der Waals surface area contributed by atoms with Gasteiger partial charge in [-0.2, -0.15) is 0 Å². The number of rotatable bonds is 11. The molecule has 1 fully saturated rings. The van der Waals surface area contributed by atoms with Crippen molar-refractivity contribution in [3.8, 4) is 0 Å². The zero-order valence-corrected chi connectivity index (χ0v) is 13.5. The van der Waals surface area contributed by atoms with Crippen molar-refractivity contribution in [2.45, 2.75) is 58.4 Å². The summed E-state index contributed by atoms with van der Waals surface area (Å²) in [4.78, 5) is 12.3. The Balaban J connectivity index is 2.59. The van der Waals surface area contributed by atoms with Crippen LogP contribution >= 0.6 is 0 Å². The first kappa shape index (κ1) is 17.4. The lowest BCUT2D eigenvalue weighted by Gasteiger charge is -2.32. The van der Waals surface area contributed by atoms with Gasteiger partial charge >= 0.3 is 5.97 Å². The van der Waals surface area contributed by atoms with Crippen molar-refractivity contribution in [2.75, 3.05) is 26.9 Å². The summed E-state index contributed by atoms with van der Waals surface area (Å²) >= 11 is 0. The molecular formula is C16H31NO3. The molecule has 1 N–H and O–H groups in total. The molecule has 0 aromatic heterocycles. The molecule has 2 atom stereocenters. The summed E-state index contributed by atoms with van der Waals surface area (Å²) in [6.45, 7) is 8.44. The van der Waals surface area contributed by atoms with E-state index >= 15 is 0 Å². The monoisotopic (exact) mass is 285 g/mol. The maximum absolute atomic E-state index is 12.3. The van der Waals surface area contributed by atoms with Crippen LogP contribution in [0.5, 0.6) is 0 Å². The fourth-order valence-electron chi connectivity index (χ4n) is 2.71. The number of carbonyl (C=O) groups excluding carboxylic acids is 1. The molecule has 0 amide bonds. The van der Waals surface area contributed by atoms with E-state index in [2.05, 4.69) is 26.1 Å². The summed E-state index contributed by atoms with van der Waals surface area (Å²) < 4.78 is 10.9. The average molecular weight is 285 g/mol. The van der Waals surface area contributed by atoms with Crippen LogP contribution in [0.3, 0.4) is 0 Å². The minimum atomic E-state index is -0.628. The second-order valence-corrected chi connectivity index (χ2v) is 6.07. The lowest BCUT2D eigenvalue weighted by atomic mass is 9.93. The maximum Gasteiger partial charge on any atom is 0.328 e. The highest BCUT2D eigenvalue weighted by Gasteiger charge is 2.51. The third-order valence-electron chi connectivity index (χ3n) is 4.03. The van der Waals surface area contributed by atoms with Crippen LogP contribution in [-0.2, 0) is 14.3 Å². The third kappa shape index (κ3) is 4.74. The minimum Gasteiger partial charge on any atom is -0.468 e. The summed E-state index contributed by atoms with van der Waals surface area (Å²) in [5.41, 5.74) is -0.628. The second-order valence-electron chi connectivity index (χ2n) is 6.07. The highest BCUT2D eigenvalue weighted by atomic mass is 16.5. The van der Waals surface area contributed by atoms with Crippen molar-refractivity contribution in [2.24, 2.45) is 11.8 Å². The molecule has 0 bridgehead atoms. The fourth-order valence-corrected chi connectivity index (χ4v) is 2.71. The van der Waals surface area contributed by atoms with Gasteiger partial charge in [0.2, 0.25) is 0 Å². The molecule has 4 nitrogen and oxygen atoms in total. The van der Waals surface area contributed by atoms with Gasteiger partial charge in [0.1, 0.15) is 5.54 Å². The predicted octanol–water partition coefficient (Wildman–Crippen LogP) is 2.76. The first-order valence-corrected chi connectivity index (χ1v) is 8.01. The zero-order valence-electron chi connectivity index (χ0n) is 13.5. The van der Waals surface area contributed by atoms with Crippen molar-refractivity contribution in [3.05, 3.63) is 0 Å². The molecule has 1 aliphatic carbocycles. The van der Waals surface area contributed by atoms with Crippen molar-refractivity contribution in [1.82, 2.24) is 5.32 Å². The van der Waals surface area contributed by atoms with Gasteiger partial charge in [0, 0.05) is 6.61 Å². The normalized spacial score (nSPS) is 19.4. The van der Waals surface area contributed by atoms with Gasteiger partial charge in [0.05, 0.1) is 13.7 Å². The first-order chi connectivity index (χ1) is 9.60. The van der Waals surface area contributed by atoms with E-state index in [0.29, 0.717) is 25.0 Å². The van der Waals surface area contributed by atoms with Gasteiger partial charge in [-0.3, -0.25) is 5.32 Å². The van der Waals surface area contributed by atoms with Crippen LogP contribution in [0.15, 0.2) is 0 Å². The van der Waals surface area contributed by atoms with E-state index in [0.717, 1.165) is 32.2 Å². The van der Waals surface area contributed by atoms with Crippen molar-refractivity contribution >= 4 is 5.97 Å². The Morgan fingerprint density at radius 2 is 2.05 bits per heavy atom. The first-order valence-electron chi connectivity index (χ1n) is 8.01. The summed E-state index contributed by atoms with van der Waals surface area (Å²) in [7, 11) is 1.47. The summed E-state index contributed by atoms with van der Waals surface area (Å²) in [6, 6.07) is 0. The van der Waals surface area contributed by atoms with Gasteiger partial charge in [-0.1, -0.05) is 27.2 Å². The highest BCUT2D eigenvalue weighted by Crippen LogP contribution is 2.40. The molecule has 20 heavy (non-hydrogen) atoms. The van der Waals surface area contributed by atoms with E-state index in [9.17, 15) is 4.79 Å². The van der Waals surface area contributed by atoms with Gasteiger partial charge in [0.15, 0.2) is 0 Å². The Hall–Kier alpha value is -0.610. The molecule has 1 saturated carbocycles. The third-order valence-corrected chi connectivity index (χ3v) is 4.03. The van der Waals surface area contributed by atoms with Gasteiger partial charge in [0.25, 0.3) is 0 Å². The Bertz CT molecular complexity index is 291. The minimum absolute atomic E-state index is 0.170. The van der Waals surface area contributed by atoms with Crippen LogP contribution < -0.4 is 5.32 Å². The van der Waals surface area contributed by atoms with E-state index in [4.69, 9.17) is 9.47 Å². The van der Waals surface area contributed by atoms with E-state index in [1.165, 1.54) is 13.5 Å². The Kier molecular flexibility index (Phi) is 7.52. The van der Waals surface area contributed by atoms with Crippen LogP contribution in [0.2, 0.25) is 0 Å². The van der Waals surface area contributed by atoms with Crippen molar-refractivity contribution in [1.29, 1.82) is 0 Å². The maximum atomic E-state index is 12.3. The topological polar surface area (TPSA) is 47.6 Å². The predicted molar refractivity (Wildman–Crippen MR) is 80.7 cm³/mol. The second kappa shape index (κ2) is 8.63.